The lowest BCUT2D eigenvalue weighted by atomic mass is 9.85. The van der Waals surface area contributed by atoms with Crippen molar-refractivity contribution in [2.75, 3.05) is 0 Å². The Morgan fingerprint density at radius 2 is 1.77 bits per heavy atom. The Morgan fingerprint density at radius 3 is 2.41 bits per heavy atom. The summed E-state index contributed by atoms with van der Waals surface area (Å²) in [7, 11) is -4.44. The van der Waals surface area contributed by atoms with Crippen molar-refractivity contribution >= 4 is 15.9 Å². The Hall–Kier alpha value is -1.61. The van der Waals surface area contributed by atoms with E-state index < -0.39 is 50.2 Å². The van der Waals surface area contributed by atoms with Gasteiger partial charge in [-0.3, -0.25) is 4.79 Å². The lowest BCUT2D eigenvalue weighted by Gasteiger charge is -2.29. The van der Waals surface area contributed by atoms with Crippen molar-refractivity contribution < 1.29 is 26.4 Å². The summed E-state index contributed by atoms with van der Waals surface area (Å²) < 4.78 is 66.2. The first-order valence-electron chi connectivity index (χ1n) is 6.69. The minimum atomic E-state index is -4.44. The summed E-state index contributed by atoms with van der Waals surface area (Å²) in [4.78, 5) is 10.4. The predicted molar refractivity (Wildman–Crippen MR) is 71.6 cm³/mol. The molecule has 1 aromatic rings. The summed E-state index contributed by atoms with van der Waals surface area (Å²) in [6, 6.07) is 0.376. The Kier molecular flexibility index (Phi) is 4.76. The highest BCUT2D eigenvalue weighted by Crippen LogP contribution is 2.27. The van der Waals surface area contributed by atoms with E-state index in [0.29, 0.717) is 31.4 Å². The van der Waals surface area contributed by atoms with Gasteiger partial charge in [0.05, 0.1) is 5.92 Å². The maximum absolute atomic E-state index is 13.6. The van der Waals surface area contributed by atoms with Crippen LogP contribution in [-0.2, 0) is 14.8 Å². The molecule has 22 heavy (non-hydrogen) atoms. The number of carbonyl (C=O) groups is 1. The maximum Gasteiger partial charge on any atom is 0.243 e. The summed E-state index contributed by atoms with van der Waals surface area (Å²) in [6.45, 7) is 0. The molecule has 0 bridgehead atoms. The number of hydrogen-bond donors (Lipinski definition) is 2. The number of nitrogens with one attached hydrogen (secondary N) is 1. The number of sulfonamides is 1. The molecule has 1 aliphatic rings. The van der Waals surface area contributed by atoms with Crippen LogP contribution in [0.3, 0.4) is 0 Å². The molecule has 1 amide bonds. The molecule has 0 radical (unpaired) electrons. The van der Waals surface area contributed by atoms with Crippen LogP contribution in [0.25, 0.3) is 0 Å². The summed E-state index contributed by atoms with van der Waals surface area (Å²) in [6.07, 6.45) is 2.18. The SMILES string of the molecule is NC(=O)C1CCCCC1NS(=O)(=O)c1ccc(F)c(F)c1F. The second-order valence-electron chi connectivity index (χ2n) is 5.19. The van der Waals surface area contributed by atoms with E-state index in [2.05, 4.69) is 4.72 Å². The van der Waals surface area contributed by atoms with E-state index in [0.717, 1.165) is 6.42 Å². The van der Waals surface area contributed by atoms with Crippen molar-refractivity contribution in [3.63, 3.8) is 0 Å². The molecule has 1 aliphatic carbocycles. The first kappa shape index (κ1) is 16.8. The predicted octanol–water partition coefficient (Wildman–Crippen LogP) is 1.43. The average Bonchev–Trinajstić information content (AvgIpc) is 2.44. The lowest BCUT2D eigenvalue weighted by Crippen LogP contribution is -2.47. The van der Waals surface area contributed by atoms with Gasteiger partial charge in [0.25, 0.3) is 0 Å². The van der Waals surface area contributed by atoms with Crippen molar-refractivity contribution in [2.24, 2.45) is 11.7 Å². The van der Waals surface area contributed by atoms with Crippen LogP contribution in [0.15, 0.2) is 17.0 Å². The Morgan fingerprint density at radius 1 is 1.14 bits per heavy atom. The van der Waals surface area contributed by atoms with Gasteiger partial charge in [-0.1, -0.05) is 12.8 Å². The van der Waals surface area contributed by atoms with Crippen molar-refractivity contribution in [2.45, 2.75) is 36.6 Å². The van der Waals surface area contributed by atoms with Crippen LogP contribution in [-0.4, -0.2) is 20.4 Å². The number of rotatable bonds is 4. The molecule has 1 aromatic carbocycles. The number of halogens is 3. The molecule has 1 fully saturated rings. The number of primary amides is 1. The third kappa shape index (κ3) is 3.25. The smallest absolute Gasteiger partial charge is 0.243 e. The fraction of sp³-hybridized carbons (Fsp3) is 0.462. The Bertz CT molecular complexity index is 694. The molecule has 0 saturated heterocycles. The largest absolute Gasteiger partial charge is 0.369 e. The monoisotopic (exact) mass is 336 g/mol. The standard InChI is InChI=1S/C13H15F3N2O3S/c14-8-5-6-10(12(16)11(8)15)22(20,21)18-9-4-2-1-3-7(9)13(17)19/h5-7,9,18H,1-4H2,(H2,17,19). The zero-order valence-electron chi connectivity index (χ0n) is 11.5. The van der Waals surface area contributed by atoms with Crippen LogP contribution < -0.4 is 10.5 Å². The topological polar surface area (TPSA) is 89.3 Å². The molecule has 0 aromatic heterocycles. The number of amides is 1. The van der Waals surface area contributed by atoms with Gasteiger partial charge in [-0.2, -0.15) is 0 Å². The third-order valence-electron chi connectivity index (χ3n) is 3.73. The maximum atomic E-state index is 13.6. The number of benzene rings is 1. The second kappa shape index (κ2) is 6.25. The van der Waals surface area contributed by atoms with Gasteiger partial charge in [0.15, 0.2) is 17.5 Å². The van der Waals surface area contributed by atoms with Gasteiger partial charge in [0.1, 0.15) is 4.90 Å². The van der Waals surface area contributed by atoms with Crippen LogP contribution in [0.4, 0.5) is 13.2 Å². The quantitative estimate of drug-likeness (QED) is 0.815. The molecule has 0 heterocycles. The minimum Gasteiger partial charge on any atom is -0.369 e. The Labute approximate surface area is 125 Å². The highest BCUT2D eigenvalue weighted by Gasteiger charge is 2.34. The number of carbonyl (C=O) groups excluding carboxylic acids is 1. The molecule has 0 spiro atoms. The van der Waals surface area contributed by atoms with E-state index in [9.17, 15) is 26.4 Å². The second-order valence-corrected chi connectivity index (χ2v) is 6.88. The van der Waals surface area contributed by atoms with E-state index in [1.165, 1.54) is 0 Å². The van der Waals surface area contributed by atoms with Gasteiger partial charge in [0, 0.05) is 6.04 Å². The molecular weight excluding hydrogens is 321 g/mol. The van der Waals surface area contributed by atoms with E-state index in [1.807, 2.05) is 0 Å². The minimum absolute atomic E-state index is 0.359. The molecule has 2 unspecified atom stereocenters. The first-order chi connectivity index (χ1) is 10.2. The van der Waals surface area contributed by atoms with Gasteiger partial charge in [-0.25, -0.2) is 26.3 Å². The fourth-order valence-corrected chi connectivity index (χ4v) is 3.97. The molecule has 9 heteroatoms. The number of hydrogen-bond acceptors (Lipinski definition) is 3. The Balaban J connectivity index is 2.31. The van der Waals surface area contributed by atoms with Crippen LogP contribution in [0, 0.1) is 23.4 Å². The van der Waals surface area contributed by atoms with E-state index in [-0.39, 0.29) is 0 Å². The zero-order chi connectivity index (χ0) is 16.5. The first-order valence-corrected chi connectivity index (χ1v) is 8.17. The summed E-state index contributed by atoms with van der Waals surface area (Å²) in [5, 5.41) is 0. The molecule has 2 atom stereocenters. The molecule has 5 nitrogen and oxygen atoms in total. The molecule has 2 rings (SSSR count). The molecular formula is C13H15F3N2O3S. The summed E-state index contributed by atoms with van der Waals surface area (Å²) in [5.74, 6) is -6.50. The molecule has 122 valence electrons. The summed E-state index contributed by atoms with van der Waals surface area (Å²) >= 11 is 0. The highest BCUT2D eigenvalue weighted by molar-refractivity contribution is 7.89. The van der Waals surface area contributed by atoms with Crippen molar-refractivity contribution in [1.82, 2.24) is 4.72 Å². The van der Waals surface area contributed by atoms with Crippen molar-refractivity contribution in [3.05, 3.63) is 29.6 Å². The van der Waals surface area contributed by atoms with Gasteiger partial charge in [0.2, 0.25) is 15.9 Å². The highest BCUT2D eigenvalue weighted by atomic mass is 32.2. The van der Waals surface area contributed by atoms with Crippen molar-refractivity contribution in [1.29, 1.82) is 0 Å². The van der Waals surface area contributed by atoms with Gasteiger partial charge < -0.3 is 5.73 Å². The van der Waals surface area contributed by atoms with Crippen LogP contribution >= 0.6 is 0 Å². The molecule has 3 N–H and O–H groups in total. The van der Waals surface area contributed by atoms with E-state index in [4.69, 9.17) is 5.73 Å². The number of nitrogens with two attached hydrogens (primary N) is 1. The van der Waals surface area contributed by atoms with Crippen LogP contribution in [0.1, 0.15) is 25.7 Å². The van der Waals surface area contributed by atoms with E-state index in [1.54, 1.807) is 0 Å². The fourth-order valence-electron chi connectivity index (χ4n) is 2.59. The normalized spacial score (nSPS) is 22.5. The van der Waals surface area contributed by atoms with Crippen LogP contribution in [0.2, 0.25) is 0 Å². The molecule has 1 saturated carbocycles. The van der Waals surface area contributed by atoms with Crippen LogP contribution in [0.5, 0.6) is 0 Å². The lowest BCUT2D eigenvalue weighted by molar-refractivity contribution is -0.123. The third-order valence-corrected chi connectivity index (χ3v) is 5.23. The zero-order valence-corrected chi connectivity index (χ0v) is 12.3. The van der Waals surface area contributed by atoms with Gasteiger partial charge in [-0.15, -0.1) is 0 Å². The van der Waals surface area contributed by atoms with Gasteiger partial charge in [-0.05, 0) is 25.0 Å². The molecule has 0 aliphatic heterocycles. The van der Waals surface area contributed by atoms with E-state index >= 15 is 0 Å². The average molecular weight is 336 g/mol. The summed E-state index contributed by atoms with van der Waals surface area (Å²) in [5.41, 5.74) is 5.23. The van der Waals surface area contributed by atoms with Gasteiger partial charge >= 0.3 is 0 Å². The van der Waals surface area contributed by atoms with Crippen molar-refractivity contribution in [3.8, 4) is 0 Å².